The van der Waals surface area contributed by atoms with Crippen LogP contribution in [0.3, 0.4) is 0 Å². The van der Waals surface area contributed by atoms with Crippen LogP contribution in [0.1, 0.15) is 16.2 Å². The standard InChI is InChI=1S/C11H6Cl2F3N3OS/c1-5-9(4-20)18-19(17-5)10-7(12)2-6(3-8(10)13)21-11(14,15)16/h2-4H,1H3. The normalized spacial score (nSPS) is 11.7. The van der Waals surface area contributed by atoms with Gasteiger partial charge in [-0.2, -0.15) is 18.3 Å². The van der Waals surface area contributed by atoms with E-state index in [1.165, 1.54) is 0 Å². The first kappa shape index (κ1) is 16.1. The lowest BCUT2D eigenvalue weighted by Gasteiger charge is -2.10. The van der Waals surface area contributed by atoms with Crippen molar-refractivity contribution in [3.63, 3.8) is 0 Å². The molecule has 0 bridgehead atoms. The number of aryl methyl sites for hydroxylation is 1. The first-order valence-electron chi connectivity index (χ1n) is 5.35. The van der Waals surface area contributed by atoms with Gasteiger partial charge in [-0.15, -0.1) is 9.90 Å². The third-order valence-electron chi connectivity index (χ3n) is 2.35. The number of carbonyl (C=O) groups excluding carboxylic acids is 1. The van der Waals surface area contributed by atoms with Crippen molar-refractivity contribution < 1.29 is 18.0 Å². The number of aldehydes is 1. The quantitative estimate of drug-likeness (QED) is 0.608. The Bertz CT molecular complexity index is 680. The second kappa shape index (κ2) is 5.86. The molecule has 0 aliphatic rings. The van der Waals surface area contributed by atoms with Crippen molar-refractivity contribution in [2.24, 2.45) is 0 Å². The number of aromatic nitrogens is 3. The average Bonchev–Trinajstić information content (AvgIpc) is 2.67. The van der Waals surface area contributed by atoms with Crippen molar-refractivity contribution >= 4 is 41.2 Å². The molecule has 21 heavy (non-hydrogen) atoms. The van der Waals surface area contributed by atoms with Gasteiger partial charge in [0.2, 0.25) is 0 Å². The smallest absolute Gasteiger partial charge is 0.296 e. The Balaban J connectivity index is 2.48. The van der Waals surface area contributed by atoms with E-state index in [9.17, 15) is 18.0 Å². The second-order valence-corrected chi connectivity index (χ2v) is 5.81. The number of rotatable bonds is 3. The number of halogens is 5. The first-order chi connectivity index (χ1) is 9.71. The SMILES string of the molecule is Cc1nn(-c2c(Cl)cc(SC(F)(F)F)cc2Cl)nc1C=O. The lowest BCUT2D eigenvalue weighted by molar-refractivity contribution is -0.0328. The summed E-state index contributed by atoms with van der Waals surface area (Å²) in [6, 6.07) is 2.22. The van der Waals surface area contributed by atoms with Gasteiger partial charge in [-0.05, 0) is 30.8 Å². The molecule has 112 valence electrons. The number of nitrogens with zero attached hydrogens (tertiary/aromatic N) is 3. The fraction of sp³-hybridized carbons (Fsp3) is 0.182. The summed E-state index contributed by atoms with van der Waals surface area (Å²) >= 11 is 11.6. The summed E-state index contributed by atoms with van der Waals surface area (Å²) in [5.41, 5.74) is -3.89. The Kier molecular flexibility index (Phi) is 4.50. The molecule has 2 aromatic rings. The van der Waals surface area contributed by atoms with Crippen LogP contribution in [0.5, 0.6) is 0 Å². The molecular formula is C11H6Cl2F3N3OS. The zero-order valence-electron chi connectivity index (χ0n) is 10.3. The van der Waals surface area contributed by atoms with Gasteiger partial charge in [0, 0.05) is 4.90 Å². The van der Waals surface area contributed by atoms with E-state index >= 15 is 0 Å². The molecule has 0 unspecified atom stereocenters. The minimum absolute atomic E-state index is 0.0540. The molecular weight excluding hydrogens is 350 g/mol. The maximum Gasteiger partial charge on any atom is 0.446 e. The van der Waals surface area contributed by atoms with E-state index in [1.807, 2.05) is 0 Å². The number of carbonyl (C=O) groups is 1. The van der Waals surface area contributed by atoms with Gasteiger partial charge in [0.15, 0.2) is 6.29 Å². The van der Waals surface area contributed by atoms with Crippen LogP contribution in [-0.4, -0.2) is 26.8 Å². The minimum Gasteiger partial charge on any atom is -0.296 e. The van der Waals surface area contributed by atoms with Crippen LogP contribution >= 0.6 is 35.0 Å². The van der Waals surface area contributed by atoms with E-state index in [0.29, 0.717) is 12.0 Å². The molecule has 0 spiro atoms. The van der Waals surface area contributed by atoms with Gasteiger partial charge in [0.1, 0.15) is 11.4 Å². The third kappa shape index (κ3) is 3.69. The lowest BCUT2D eigenvalue weighted by Crippen LogP contribution is -2.03. The van der Waals surface area contributed by atoms with Gasteiger partial charge in [-0.3, -0.25) is 4.79 Å². The fourth-order valence-corrected chi connectivity index (χ4v) is 2.91. The van der Waals surface area contributed by atoms with Gasteiger partial charge < -0.3 is 0 Å². The van der Waals surface area contributed by atoms with E-state index in [0.717, 1.165) is 16.9 Å². The molecule has 10 heteroatoms. The van der Waals surface area contributed by atoms with E-state index in [1.54, 1.807) is 6.92 Å². The Labute approximate surface area is 131 Å². The predicted molar refractivity (Wildman–Crippen MR) is 73.4 cm³/mol. The van der Waals surface area contributed by atoms with Gasteiger partial charge in [0.25, 0.3) is 0 Å². The zero-order chi connectivity index (χ0) is 15.8. The van der Waals surface area contributed by atoms with Crippen LogP contribution in [0.4, 0.5) is 13.2 Å². The average molecular weight is 356 g/mol. The van der Waals surface area contributed by atoms with Crippen molar-refractivity contribution in [2.45, 2.75) is 17.3 Å². The molecule has 0 fully saturated rings. The van der Waals surface area contributed by atoms with Crippen LogP contribution < -0.4 is 0 Å². The number of thioether (sulfide) groups is 1. The Morgan fingerprint density at radius 3 is 2.24 bits per heavy atom. The number of benzene rings is 1. The van der Waals surface area contributed by atoms with Crippen molar-refractivity contribution in [1.29, 1.82) is 0 Å². The lowest BCUT2D eigenvalue weighted by atomic mass is 10.3. The van der Waals surface area contributed by atoms with Gasteiger partial charge in [0.05, 0.1) is 15.7 Å². The monoisotopic (exact) mass is 355 g/mol. The molecule has 1 aromatic carbocycles. The molecule has 4 nitrogen and oxygen atoms in total. The summed E-state index contributed by atoms with van der Waals surface area (Å²) in [6.45, 7) is 1.56. The van der Waals surface area contributed by atoms with E-state index in [4.69, 9.17) is 23.2 Å². The van der Waals surface area contributed by atoms with Crippen LogP contribution in [0.2, 0.25) is 10.0 Å². The summed E-state index contributed by atoms with van der Waals surface area (Å²) in [4.78, 5) is 11.6. The van der Waals surface area contributed by atoms with Crippen LogP contribution in [0.25, 0.3) is 5.69 Å². The summed E-state index contributed by atoms with van der Waals surface area (Å²) in [5, 5.41) is 7.71. The first-order valence-corrected chi connectivity index (χ1v) is 6.93. The summed E-state index contributed by atoms with van der Waals surface area (Å²) < 4.78 is 37.0. The highest BCUT2D eigenvalue weighted by molar-refractivity contribution is 8.00. The third-order valence-corrected chi connectivity index (χ3v) is 3.63. The molecule has 0 amide bonds. The van der Waals surface area contributed by atoms with Gasteiger partial charge in [-0.1, -0.05) is 23.2 Å². The minimum atomic E-state index is -4.45. The fourth-order valence-electron chi connectivity index (χ4n) is 1.52. The Morgan fingerprint density at radius 2 is 1.81 bits per heavy atom. The van der Waals surface area contributed by atoms with E-state index in [2.05, 4.69) is 10.2 Å². The van der Waals surface area contributed by atoms with Crippen LogP contribution in [-0.2, 0) is 0 Å². The molecule has 0 aliphatic carbocycles. The zero-order valence-corrected chi connectivity index (χ0v) is 12.6. The van der Waals surface area contributed by atoms with Crippen molar-refractivity contribution in [3.8, 4) is 5.69 Å². The van der Waals surface area contributed by atoms with E-state index < -0.39 is 5.51 Å². The Hall–Kier alpha value is -1.25. The predicted octanol–water partition coefficient (Wildman–Crippen LogP) is 4.31. The maximum atomic E-state index is 12.3. The van der Waals surface area contributed by atoms with Crippen molar-refractivity contribution in [1.82, 2.24) is 15.0 Å². The van der Waals surface area contributed by atoms with E-state index in [-0.39, 0.29) is 38.1 Å². The largest absolute Gasteiger partial charge is 0.446 e. The molecule has 0 aliphatic heterocycles. The maximum absolute atomic E-state index is 12.3. The molecule has 1 aromatic heterocycles. The van der Waals surface area contributed by atoms with Gasteiger partial charge >= 0.3 is 5.51 Å². The number of hydrogen-bond donors (Lipinski definition) is 0. The topological polar surface area (TPSA) is 47.8 Å². The number of alkyl halides is 3. The molecule has 1 heterocycles. The Morgan fingerprint density at radius 1 is 1.24 bits per heavy atom. The highest BCUT2D eigenvalue weighted by atomic mass is 35.5. The summed E-state index contributed by atoms with van der Waals surface area (Å²) in [6.07, 6.45) is 0.508. The highest BCUT2D eigenvalue weighted by Gasteiger charge is 2.30. The van der Waals surface area contributed by atoms with Crippen LogP contribution in [0.15, 0.2) is 17.0 Å². The second-order valence-electron chi connectivity index (χ2n) is 3.86. The molecule has 0 N–H and O–H groups in total. The molecule has 0 saturated heterocycles. The van der Waals surface area contributed by atoms with Crippen LogP contribution in [0, 0.1) is 6.92 Å². The summed E-state index contributed by atoms with van der Waals surface area (Å²) in [5.74, 6) is 0. The highest BCUT2D eigenvalue weighted by Crippen LogP contribution is 2.41. The van der Waals surface area contributed by atoms with Gasteiger partial charge in [-0.25, -0.2) is 0 Å². The molecule has 0 radical (unpaired) electrons. The molecule has 0 atom stereocenters. The molecule has 2 rings (SSSR count). The van der Waals surface area contributed by atoms with Crippen molar-refractivity contribution in [3.05, 3.63) is 33.6 Å². The molecule has 0 saturated carbocycles. The summed E-state index contributed by atoms with van der Waals surface area (Å²) in [7, 11) is 0. The van der Waals surface area contributed by atoms with Crippen molar-refractivity contribution in [2.75, 3.05) is 0 Å². The number of hydrogen-bond acceptors (Lipinski definition) is 4.